The minimum absolute atomic E-state index is 0.00371. The van der Waals surface area contributed by atoms with Crippen LogP contribution in [0, 0.1) is 0 Å². The molecule has 130 valence electrons. The zero-order valence-corrected chi connectivity index (χ0v) is 14.8. The number of aromatic hydroxyl groups is 1. The molecule has 1 heterocycles. The van der Waals surface area contributed by atoms with Crippen LogP contribution in [-0.2, 0) is 16.0 Å². The molecule has 2 N–H and O–H groups in total. The summed E-state index contributed by atoms with van der Waals surface area (Å²) in [5.41, 5.74) is 2.89. The van der Waals surface area contributed by atoms with Gasteiger partial charge in [0.25, 0.3) is 0 Å². The summed E-state index contributed by atoms with van der Waals surface area (Å²) >= 11 is 1.62. The molecule has 0 bridgehead atoms. The number of anilines is 1. The molecule has 0 spiro atoms. The Balaban J connectivity index is 1.68. The van der Waals surface area contributed by atoms with Crippen LogP contribution < -0.4 is 5.32 Å². The van der Waals surface area contributed by atoms with Crippen molar-refractivity contribution in [3.05, 3.63) is 59.7 Å². The average Bonchev–Trinajstić information content (AvgIpc) is 2.95. The maximum absolute atomic E-state index is 12.3. The molecule has 1 saturated heterocycles. The van der Waals surface area contributed by atoms with E-state index in [1.807, 2.05) is 41.3 Å². The van der Waals surface area contributed by atoms with E-state index in [9.17, 15) is 14.7 Å². The Kier molecular flexibility index (Phi) is 5.28. The van der Waals surface area contributed by atoms with Gasteiger partial charge in [-0.25, -0.2) is 0 Å². The minimum Gasteiger partial charge on any atom is -0.508 e. The van der Waals surface area contributed by atoms with Crippen LogP contribution in [0.5, 0.6) is 5.75 Å². The van der Waals surface area contributed by atoms with Gasteiger partial charge in [0.2, 0.25) is 11.8 Å². The van der Waals surface area contributed by atoms with E-state index in [4.69, 9.17) is 0 Å². The van der Waals surface area contributed by atoms with Crippen LogP contribution in [0.25, 0.3) is 0 Å². The van der Waals surface area contributed by atoms with Gasteiger partial charge in [0, 0.05) is 19.2 Å². The number of phenolic OH excluding ortho intramolecular Hbond substituents is 1. The summed E-state index contributed by atoms with van der Waals surface area (Å²) in [6, 6.07) is 14.7. The average molecular weight is 356 g/mol. The molecular weight excluding hydrogens is 336 g/mol. The number of benzene rings is 2. The summed E-state index contributed by atoms with van der Waals surface area (Å²) in [5.74, 6) is 0.760. The third kappa shape index (κ3) is 4.33. The second kappa shape index (κ2) is 7.61. The number of carbonyl (C=O) groups is 2. The number of hydrogen-bond acceptors (Lipinski definition) is 4. The van der Waals surface area contributed by atoms with Crippen molar-refractivity contribution in [2.24, 2.45) is 0 Å². The molecule has 5 nitrogen and oxygen atoms in total. The second-order valence-corrected chi connectivity index (χ2v) is 7.04. The third-order valence-corrected chi connectivity index (χ3v) is 5.32. The predicted octanol–water partition coefficient (Wildman–Crippen LogP) is 3.17. The van der Waals surface area contributed by atoms with Crippen LogP contribution in [0.15, 0.2) is 48.5 Å². The second-order valence-electron chi connectivity index (χ2n) is 5.97. The molecular formula is C19H20N2O3S. The number of rotatable bonds is 5. The molecule has 0 saturated carbocycles. The molecule has 2 aromatic carbocycles. The van der Waals surface area contributed by atoms with E-state index in [1.54, 1.807) is 23.9 Å². The van der Waals surface area contributed by atoms with Crippen molar-refractivity contribution >= 4 is 29.3 Å². The maximum atomic E-state index is 12.3. The van der Waals surface area contributed by atoms with Crippen LogP contribution in [-0.4, -0.2) is 34.1 Å². The van der Waals surface area contributed by atoms with E-state index < -0.39 is 0 Å². The fraction of sp³-hybridized carbons (Fsp3) is 0.263. The van der Waals surface area contributed by atoms with Gasteiger partial charge in [-0.2, -0.15) is 0 Å². The van der Waals surface area contributed by atoms with Crippen LogP contribution in [0.2, 0.25) is 0 Å². The quantitative estimate of drug-likeness (QED) is 0.863. The largest absolute Gasteiger partial charge is 0.508 e. The van der Waals surface area contributed by atoms with E-state index in [1.165, 1.54) is 6.92 Å². The topological polar surface area (TPSA) is 69.6 Å². The summed E-state index contributed by atoms with van der Waals surface area (Å²) in [4.78, 5) is 25.3. The fourth-order valence-electron chi connectivity index (χ4n) is 2.82. The molecule has 6 heteroatoms. The van der Waals surface area contributed by atoms with Gasteiger partial charge in [-0.3, -0.25) is 9.59 Å². The number of nitrogens with zero attached hydrogens (tertiary/aromatic N) is 1. The first-order chi connectivity index (χ1) is 12.0. The van der Waals surface area contributed by atoms with Crippen molar-refractivity contribution in [3.8, 4) is 5.75 Å². The van der Waals surface area contributed by atoms with Gasteiger partial charge >= 0.3 is 0 Å². The van der Waals surface area contributed by atoms with E-state index in [-0.39, 0.29) is 22.9 Å². The van der Waals surface area contributed by atoms with Gasteiger partial charge in [-0.05, 0) is 41.8 Å². The van der Waals surface area contributed by atoms with Crippen molar-refractivity contribution in [2.75, 3.05) is 17.6 Å². The molecule has 2 aromatic rings. The molecule has 0 radical (unpaired) electrons. The summed E-state index contributed by atoms with van der Waals surface area (Å²) in [6.07, 6.45) is 0.743. The molecule has 1 fully saturated rings. The third-order valence-electron chi connectivity index (χ3n) is 4.06. The van der Waals surface area contributed by atoms with Crippen molar-refractivity contribution in [3.63, 3.8) is 0 Å². The highest BCUT2D eigenvalue weighted by molar-refractivity contribution is 8.00. The van der Waals surface area contributed by atoms with Crippen molar-refractivity contribution < 1.29 is 14.7 Å². The van der Waals surface area contributed by atoms with E-state index in [0.29, 0.717) is 12.3 Å². The lowest BCUT2D eigenvalue weighted by molar-refractivity contribution is -0.128. The number of amides is 2. The number of carbonyl (C=O) groups excluding carboxylic acids is 2. The van der Waals surface area contributed by atoms with Crippen LogP contribution in [0.4, 0.5) is 5.69 Å². The monoisotopic (exact) mass is 356 g/mol. The van der Waals surface area contributed by atoms with Gasteiger partial charge in [0.1, 0.15) is 11.1 Å². The zero-order chi connectivity index (χ0) is 17.8. The van der Waals surface area contributed by atoms with Crippen molar-refractivity contribution in [1.82, 2.24) is 4.90 Å². The van der Waals surface area contributed by atoms with Gasteiger partial charge in [-0.15, -0.1) is 11.8 Å². The Morgan fingerprint density at radius 2 is 1.88 bits per heavy atom. The SMILES string of the molecule is CC(=O)Nc1ccc(C2SCC(=O)N2CCc2ccc(O)cc2)cc1. The molecule has 1 aliphatic rings. The van der Waals surface area contributed by atoms with Crippen LogP contribution >= 0.6 is 11.8 Å². The Labute approximate surface area is 151 Å². The predicted molar refractivity (Wildman–Crippen MR) is 99.5 cm³/mol. The first kappa shape index (κ1) is 17.4. The van der Waals surface area contributed by atoms with E-state index in [0.717, 1.165) is 23.2 Å². The summed E-state index contributed by atoms with van der Waals surface area (Å²) in [7, 11) is 0. The van der Waals surface area contributed by atoms with E-state index in [2.05, 4.69) is 5.32 Å². The summed E-state index contributed by atoms with van der Waals surface area (Å²) in [6.45, 7) is 2.11. The molecule has 3 rings (SSSR count). The fourth-order valence-corrected chi connectivity index (χ4v) is 4.04. The molecule has 1 aliphatic heterocycles. The lowest BCUT2D eigenvalue weighted by Gasteiger charge is -2.24. The highest BCUT2D eigenvalue weighted by Crippen LogP contribution is 2.38. The van der Waals surface area contributed by atoms with Crippen LogP contribution in [0.3, 0.4) is 0 Å². The Morgan fingerprint density at radius 3 is 2.52 bits per heavy atom. The summed E-state index contributed by atoms with van der Waals surface area (Å²) < 4.78 is 0. The Morgan fingerprint density at radius 1 is 1.20 bits per heavy atom. The smallest absolute Gasteiger partial charge is 0.233 e. The van der Waals surface area contributed by atoms with Crippen LogP contribution in [0.1, 0.15) is 23.4 Å². The molecule has 1 atom stereocenters. The standard InChI is InChI=1S/C19H20N2O3S/c1-13(22)20-16-6-4-15(5-7-16)19-21(18(24)12-25-19)11-10-14-2-8-17(23)9-3-14/h2-9,19,23H,10-12H2,1H3,(H,20,22). The van der Waals surface area contributed by atoms with Crippen molar-refractivity contribution in [1.29, 1.82) is 0 Å². The minimum atomic E-state index is -0.103. The molecule has 1 unspecified atom stereocenters. The van der Waals surface area contributed by atoms with E-state index >= 15 is 0 Å². The normalized spacial score (nSPS) is 16.9. The van der Waals surface area contributed by atoms with Gasteiger partial charge < -0.3 is 15.3 Å². The van der Waals surface area contributed by atoms with Gasteiger partial charge in [0.05, 0.1) is 5.75 Å². The molecule has 0 aliphatic carbocycles. The van der Waals surface area contributed by atoms with Crippen molar-refractivity contribution in [2.45, 2.75) is 18.7 Å². The number of nitrogens with one attached hydrogen (secondary N) is 1. The number of hydrogen-bond donors (Lipinski definition) is 2. The molecule has 25 heavy (non-hydrogen) atoms. The first-order valence-electron chi connectivity index (χ1n) is 8.09. The highest BCUT2D eigenvalue weighted by Gasteiger charge is 2.32. The summed E-state index contributed by atoms with van der Waals surface area (Å²) in [5, 5.41) is 12.1. The van der Waals surface area contributed by atoms with Gasteiger partial charge in [0.15, 0.2) is 0 Å². The molecule has 2 amide bonds. The van der Waals surface area contributed by atoms with Gasteiger partial charge in [-0.1, -0.05) is 24.3 Å². The highest BCUT2D eigenvalue weighted by atomic mass is 32.2. The number of thioether (sulfide) groups is 1. The zero-order valence-electron chi connectivity index (χ0n) is 13.9. The molecule has 0 aromatic heterocycles. The number of phenols is 1. The Bertz CT molecular complexity index is 759. The first-order valence-corrected chi connectivity index (χ1v) is 9.14. The lowest BCUT2D eigenvalue weighted by atomic mass is 10.1. The lowest BCUT2D eigenvalue weighted by Crippen LogP contribution is -2.30. The Hall–Kier alpha value is -2.47. The maximum Gasteiger partial charge on any atom is 0.233 e.